The lowest BCUT2D eigenvalue weighted by atomic mass is 9.56. The number of rotatable bonds is 2. The fraction of sp³-hybridized carbons (Fsp3) is 0.419. The molecular formula is C31H28O11. The first-order valence-corrected chi connectivity index (χ1v) is 13.7. The topological polar surface area (TPSA) is 166 Å². The highest BCUT2D eigenvalue weighted by molar-refractivity contribution is 6.31. The number of hydrogen-bond acceptors (Lipinski definition) is 11. The fourth-order valence-electron chi connectivity index (χ4n) is 7.74. The largest absolute Gasteiger partial charge is 0.507 e. The summed E-state index contributed by atoms with van der Waals surface area (Å²) in [5.41, 5.74) is -2.78. The number of benzene rings is 2. The first-order valence-electron chi connectivity index (χ1n) is 13.7. The number of allylic oxidation sites excluding steroid dienone is 1. The Kier molecular flexibility index (Phi) is 5.28. The Balaban J connectivity index is 1.44. The Morgan fingerprint density at radius 2 is 1.62 bits per heavy atom. The Hall–Kier alpha value is -4.06. The molecule has 2 aromatic rings. The summed E-state index contributed by atoms with van der Waals surface area (Å²) in [6.07, 6.45) is -1.50. The third-order valence-corrected chi connectivity index (χ3v) is 9.28. The van der Waals surface area contributed by atoms with Crippen LogP contribution in [0.5, 0.6) is 23.0 Å². The van der Waals surface area contributed by atoms with Gasteiger partial charge in [-0.05, 0) is 33.8 Å². The van der Waals surface area contributed by atoms with E-state index in [9.17, 15) is 34.5 Å². The van der Waals surface area contributed by atoms with Gasteiger partial charge in [-0.2, -0.15) is 0 Å². The lowest BCUT2D eigenvalue weighted by Crippen LogP contribution is -2.82. The lowest BCUT2D eigenvalue weighted by Gasteiger charge is -2.66. The zero-order chi connectivity index (χ0) is 30.2. The van der Waals surface area contributed by atoms with Gasteiger partial charge in [0.25, 0.3) is 0 Å². The molecule has 2 bridgehead atoms. The van der Waals surface area contributed by atoms with Gasteiger partial charge < -0.3 is 34.3 Å². The van der Waals surface area contributed by atoms with Crippen LogP contribution in [-0.4, -0.2) is 69.2 Å². The molecule has 3 heterocycles. The van der Waals surface area contributed by atoms with Gasteiger partial charge in [0.15, 0.2) is 28.7 Å². The predicted molar refractivity (Wildman–Crippen MR) is 142 cm³/mol. The van der Waals surface area contributed by atoms with Gasteiger partial charge in [0.2, 0.25) is 5.79 Å². The lowest BCUT2D eigenvalue weighted by molar-refractivity contribution is -0.423. The van der Waals surface area contributed by atoms with E-state index < -0.39 is 75.5 Å². The van der Waals surface area contributed by atoms with Crippen LogP contribution >= 0.6 is 0 Å². The molecule has 1 unspecified atom stereocenters. The van der Waals surface area contributed by atoms with Gasteiger partial charge in [-0.3, -0.25) is 19.2 Å². The van der Waals surface area contributed by atoms with Crippen molar-refractivity contribution in [3.8, 4) is 23.0 Å². The summed E-state index contributed by atoms with van der Waals surface area (Å²) in [6.45, 7) is 6.47. The molecule has 3 N–H and O–H groups in total. The van der Waals surface area contributed by atoms with Crippen LogP contribution in [0.15, 0.2) is 23.3 Å². The number of carbonyl (C=O) groups excluding carboxylic acids is 4. The molecule has 11 heteroatoms. The molecule has 42 heavy (non-hydrogen) atoms. The number of methoxy groups -OCH3 is 1. The van der Waals surface area contributed by atoms with E-state index in [1.807, 2.05) is 0 Å². The van der Waals surface area contributed by atoms with Gasteiger partial charge in [-0.15, -0.1) is 0 Å². The highest BCUT2D eigenvalue weighted by atomic mass is 16.8. The van der Waals surface area contributed by atoms with E-state index >= 15 is 0 Å². The molecule has 0 radical (unpaired) electrons. The number of phenolic OH excluding ortho intramolecular Hbond substituents is 3. The summed E-state index contributed by atoms with van der Waals surface area (Å²) in [5.74, 6) is -7.66. The van der Waals surface area contributed by atoms with E-state index in [1.54, 1.807) is 20.8 Å². The second-order valence-corrected chi connectivity index (χ2v) is 11.8. The molecule has 2 aliphatic carbocycles. The summed E-state index contributed by atoms with van der Waals surface area (Å²) >= 11 is 0. The second kappa shape index (κ2) is 8.27. The summed E-state index contributed by atoms with van der Waals surface area (Å²) in [5, 5.41) is 33.4. The maximum atomic E-state index is 14.4. The van der Waals surface area contributed by atoms with Gasteiger partial charge >= 0.3 is 0 Å². The monoisotopic (exact) mass is 576 g/mol. The van der Waals surface area contributed by atoms with Crippen LogP contribution in [0.25, 0.3) is 0 Å². The summed E-state index contributed by atoms with van der Waals surface area (Å²) in [7, 11) is 1.36. The molecule has 0 aromatic heterocycles. The first-order chi connectivity index (χ1) is 19.8. The van der Waals surface area contributed by atoms with Crippen LogP contribution in [0.2, 0.25) is 0 Å². The summed E-state index contributed by atoms with van der Waals surface area (Å²) in [4.78, 5) is 56.3. The SMILES string of the molecule is COc1cc(O)c2c(c1)C(=O)[C@]13CC(C)O[C@](C4=C(C)C(=O)c5c(O)c6c(c(O)c5C4=O)C[C@H](C)O[C@@H]6C)(O1)[C@H]3C2=O. The van der Waals surface area contributed by atoms with Crippen LogP contribution < -0.4 is 4.74 Å². The third kappa shape index (κ3) is 2.95. The molecule has 2 aromatic carbocycles. The van der Waals surface area contributed by atoms with Crippen molar-refractivity contribution >= 4 is 23.1 Å². The smallest absolute Gasteiger partial charge is 0.214 e. The molecule has 2 saturated heterocycles. The highest BCUT2D eigenvalue weighted by Crippen LogP contribution is 2.65. The van der Waals surface area contributed by atoms with Crippen LogP contribution in [0.1, 0.15) is 92.8 Å². The Labute approximate surface area is 239 Å². The second-order valence-electron chi connectivity index (χ2n) is 11.8. The van der Waals surface area contributed by atoms with E-state index in [-0.39, 0.29) is 63.7 Å². The number of fused-ring (bicyclic) bond motifs is 5. The number of aromatic hydroxyl groups is 3. The molecule has 6 atom stereocenters. The molecule has 1 spiro atoms. The average molecular weight is 577 g/mol. The number of phenols is 3. The van der Waals surface area contributed by atoms with E-state index in [0.29, 0.717) is 0 Å². The molecule has 0 amide bonds. The van der Waals surface area contributed by atoms with Crippen molar-refractivity contribution in [1.29, 1.82) is 0 Å². The van der Waals surface area contributed by atoms with Gasteiger partial charge in [-0.1, -0.05) is 0 Å². The number of carbonyl (C=O) groups is 4. The molecule has 0 saturated carbocycles. The standard InChI is InChI=1S/C31H28O11/c1-10-6-15-18(13(4)40-10)25(35)20-21(24(15)34)26(36)22(12(3)23(20)33)31-28-27(37)19-16(7-14(39-5)8-17(19)32)29(38)30(28,42-31)9-11(2)41-31/h7-8,10-11,13,28,32,34-35H,6,9H2,1-5H3/t10-,11?,13+,28-,30+,31+/m0/s1. The van der Waals surface area contributed by atoms with Crippen molar-refractivity contribution in [2.45, 2.75) is 70.2 Å². The minimum atomic E-state index is -2.15. The zero-order valence-electron chi connectivity index (χ0n) is 23.5. The van der Waals surface area contributed by atoms with E-state index in [4.69, 9.17) is 18.9 Å². The number of Topliss-reactive ketones (excluding diaryl/α,β-unsaturated/α-hetero) is 4. The Bertz CT molecular complexity index is 1730. The quantitative estimate of drug-likeness (QED) is 0.448. The van der Waals surface area contributed by atoms with Gasteiger partial charge in [-0.25, -0.2) is 0 Å². The molecule has 218 valence electrons. The van der Waals surface area contributed by atoms with Crippen molar-refractivity contribution < 1.29 is 53.4 Å². The number of ketones is 4. The van der Waals surface area contributed by atoms with Gasteiger partial charge in [0.1, 0.15) is 28.9 Å². The number of hydrogen-bond donors (Lipinski definition) is 3. The summed E-state index contributed by atoms with van der Waals surface area (Å²) in [6, 6.07) is 2.56. The Morgan fingerprint density at radius 3 is 2.31 bits per heavy atom. The maximum Gasteiger partial charge on any atom is 0.214 e. The van der Waals surface area contributed by atoms with Gasteiger partial charge in [0.05, 0.1) is 47.7 Å². The molecule has 7 rings (SSSR count). The third-order valence-electron chi connectivity index (χ3n) is 9.28. The fourth-order valence-corrected chi connectivity index (χ4v) is 7.74. The zero-order valence-corrected chi connectivity index (χ0v) is 23.5. The van der Waals surface area contributed by atoms with E-state index in [2.05, 4.69) is 0 Å². The molecular weight excluding hydrogens is 548 g/mol. The molecule has 5 aliphatic rings. The molecule has 11 nitrogen and oxygen atoms in total. The highest BCUT2D eigenvalue weighted by Gasteiger charge is 2.80. The van der Waals surface area contributed by atoms with Crippen molar-refractivity contribution in [1.82, 2.24) is 0 Å². The summed E-state index contributed by atoms with van der Waals surface area (Å²) < 4.78 is 23.4. The van der Waals surface area contributed by atoms with Crippen molar-refractivity contribution in [3.63, 3.8) is 0 Å². The number of ether oxygens (including phenoxy) is 4. The van der Waals surface area contributed by atoms with Crippen molar-refractivity contribution in [2.75, 3.05) is 7.11 Å². The Morgan fingerprint density at radius 1 is 0.929 bits per heavy atom. The minimum absolute atomic E-state index is 0.0121. The molecule has 2 fully saturated rings. The van der Waals surface area contributed by atoms with Crippen molar-refractivity contribution in [2.24, 2.45) is 5.92 Å². The minimum Gasteiger partial charge on any atom is -0.507 e. The predicted octanol–water partition coefficient (Wildman–Crippen LogP) is 3.50. The van der Waals surface area contributed by atoms with Crippen LogP contribution in [0.3, 0.4) is 0 Å². The van der Waals surface area contributed by atoms with E-state index in [0.717, 1.165) is 0 Å². The van der Waals surface area contributed by atoms with Crippen molar-refractivity contribution in [3.05, 3.63) is 56.7 Å². The van der Waals surface area contributed by atoms with Crippen LogP contribution in [0, 0.1) is 5.92 Å². The van der Waals surface area contributed by atoms with Gasteiger partial charge in [0, 0.05) is 41.2 Å². The normalized spacial score (nSPS) is 33.0. The van der Waals surface area contributed by atoms with E-state index in [1.165, 1.54) is 26.2 Å². The van der Waals surface area contributed by atoms with Crippen LogP contribution in [0.4, 0.5) is 0 Å². The molecule has 3 aliphatic heterocycles. The average Bonchev–Trinajstić information content (AvgIpc) is 2.91. The maximum absolute atomic E-state index is 14.4. The van der Waals surface area contributed by atoms with Crippen LogP contribution in [-0.2, 0) is 20.6 Å². The first kappa shape index (κ1) is 26.8.